The lowest BCUT2D eigenvalue weighted by Crippen LogP contribution is -2.28. The molecule has 3 aromatic rings. The van der Waals surface area contributed by atoms with Crippen molar-refractivity contribution in [1.82, 2.24) is 19.7 Å². The number of ether oxygens (including phenoxy) is 3. The van der Waals surface area contributed by atoms with Crippen LogP contribution in [0, 0.1) is 6.92 Å². The first-order valence-electron chi connectivity index (χ1n) is 9.49. The third-order valence-electron chi connectivity index (χ3n) is 4.88. The summed E-state index contributed by atoms with van der Waals surface area (Å²) in [4.78, 5) is 14.4. The Labute approximate surface area is 185 Å². The van der Waals surface area contributed by atoms with Gasteiger partial charge in [-0.15, -0.1) is 10.2 Å². The van der Waals surface area contributed by atoms with E-state index in [1.165, 1.54) is 11.8 Å². The average Bonchev–Trinajstić information content (AvgIpc) is 3.35. The summed E-state index contributed by atoms with van der Waals surface area (Å²) in [5.41, 5.74) is 1.70. The highest BCUT2D eigenvalue weighted by atomic mass is 32.2. The quantitative estimate of drug-likeness (QED) is 0.463. The Bertz CT molecular complexity index is 1060. The maximum atomic E-state index is 12.7. The van der Waals surface area contributed by atoms with E-state index < -0.39 is 0 Å². The monoisotopic (exact) mass is 446 g/mol. The number of carbonyl (C=O) groups excluding carboxylic acids is 1. The van der Waals surface area contributed by atoms with Crippen LogP contribution in [-0.2, 0) is 18.4 Å². The minimum atomic E-state index is -0.0501. The molecular formula is C21H26N4O5S. The summed E-state index contributed by atoms with van der Waals surface area (Å²) >= 11 is 1.33. The fourth-order valence-corrected chi connectivity index (χ4v) is 4.01. The molecule has 1 aromatic carbocycles. The number of rotatable bonds is 9. The van der Waals surface area contributed by atoms with Crippen LogP contribution >= 0.6 is 11.8 Å². The minimum Gasteiger partial charge on any atom is -0.493 e. The van der Waals surface area contributed by atoms with E-state index in [0.29, 0.717) is 34.8 Å². The second-order valence-electron chi connectivity index (χ2n) is 6.79. The maximum absolute atomic E-state index is 12.7. The maximum Gasteiger partial charge on any atom is 0.233 e. The van der Waals surface area contributed by atoms with Gasteiger partial charge in [0.15, 0.2) is 22.5 Å². The fraction of sp³-hybridized carbons (Fsp3) is 0.381. The number of benzene rings is 1. The number of hydrogen-bond donors (Lipinski definition) is 0. The first kappa shape index (κ1) is 22.5. The summed E-state index contributed by atoms with van der Waals surface area (Å²) in [6.45, 7) is 2.24. The molecule has 31 heavy (non-hydrogen) atoms. The van der Waals surface area contributed by atoms with E-state index in [9.17, 15) is 4.79 Å². The molecule has 2 aromatic heterocycles. The molecule has 0 aliphatic heterocycles. The van der Waals surface area contributed by atoms with Crippen LogP contribution in [0.15, 0.2) is 34.0 Å². The van der Waals surface area contributed by atoms with Crippen molar-refractivity contribution in [2.45, 2.75) is 18.6 Å². The van der Waals surface area contributed by atoms with Crippen molar-refractivity contribution in [3.8, 4) is 28.6 Å². The second-order valence-corrected chi connectivity index (χ2v) is 7.73. The highest BCUT2D eigenvalue weighted by Crippen LogP contribution is 2.40. The van der Waals surface area contributed by atoms with Crippen molar-refractivity contribution in [2.24, 2.45) is 7.05 Å². The molecule has 0 saturated heterocycles. The molecule has 0 atom stereocenters. The lowest BCUT2D eigenvalue weighted by Gasteiger charge is -2.21. The summed E-state index contributed by atoms with van der Waals surface area (Å²) in [6.07, 6.45) is 1.62. The van der Waals surface area contributed by atoms with Gasteiger partial charge in [-0.05, 0) is 25.1 Å². The Morgan fingerprint density at radius 2 is 1.87 bits per heavy atom. The Morgan fingerprint density at radius 3 is 2.48 bits per heavy atom. The molecule has 10 heteroatoms. The molecule has 3 rings (SSSR count). The van der Waals surface area contributed by atoms with Crippen molar-refractivity contribution < 1.29 is 23.4 Å². The van der Waals surface area contributed by atoms with E-state index in [1.54, 1.807) is 45.6 Å². The zero-order valence-corrected chi connectivity index (χ0v) is 19.3. The fourth-order valence-electron chi connectivity index (χ4n) is 3.16. The molecule has 0 aliphatic rings. The number of furan rings is 1. The molecule has 0 bridgehead atoms. The normalized spacial score (nSPS) is 10.8. The van der Waals surface area contributed by atoms with E-state index >= 15 is 0 Å². The molecule has 1 amide bonds. The number of methoxy groups -OCH3 is 3. The zero-order valence-electron chi connectivity index (χ0n) is 18.5. The summed E-state index contributed by atoms with van der Waals surface area (Å²) in [5.74, 6) is 3.25. The van der Waals surface area contributed by atoms with E-state index in [4.69, 9.17) is 18.6 Å². The third kappa shape index (κ3) is 4.63. The molecule has 2 heterocycles. The van der Waals surface area contributed by atoms with Crippen molar-refractivity contribution in [3.05, 3.63) is 35.8 Å². The summed E-state index contributed by atoms with van der Waals surface area (Å²) in [6, 6.07) is 5.51. The SMILES string of the molecule is COc1ccc(CN(C)C(=O)CSc2nnc(-c3ccoc3C)n2C)c(OC)c1OC. The number of hydrogen-bond acceptors (Lipinski definition) is 8. The number of amides is 1. The van der Waals surface area contributed by atoms with E-state index in [1.807, 2.05) is 30.7 Å². The van der Waals surface area contributed by atoms with Gasteiger partial charge in [0.1, 0.15) is 5.76 Å². The van der Waals surface area contributed by atoms with Crippen LogP contribution in [0.25, 0.3) is 11.4 Å². The Balaban J connectivity index is 1.67. The number of aryl methyl sites for hydroxylation is 1. The lowest BCUT2D eigenvalue weighted by molar-refractivity contribution is -0.127. The minimum absolute atomic E-state index is 0.0501. The van der Waals surface area contributed by atoms with Crippen molar-refractivity contribution in [2.75, 3.05) is 34.1 Å². The number of carbonyl (C=O) groups is 1. The highest BCUT2D eigenvalue weighted by molar-refractivity contribution is 7.99. The molecule has 0 saturated carbocycles. The topological polar surface area (TPSA) is 91.9 Å². The second kappa shape index (κ2) is 9.78. The molecule has 0 aliphatic carbocycles. The van der Waals surface area contributed by atoms with E-state index in [2.05, 4.69) is 10.2 Å². The number of aromatic nitrogens is 3. The van der Waals surface area contributed by atoms with Gasteiger partial charge < -0.3 is 28.1 Å². The molecule has 166 valence electrons. The first-order chi connectivity index (χ1) is 14.9. The zero-order chi connectivity index (χ0) is 22.5. The highest BCUT2D eigenvalue weighted by Gasteiger charge is 2.20. The third-order valence-corrected chi connectivity index (χ3v) is 5.88. The largest absolute Gasteiger partial charge is 0.493 e. The van der Waals surface area contributed by atoms with Crippen LogP contribution in [0.1, 0.15) is 11.3 Å². The van der Waals surface area contributed by atoms with Crippen molar-refractivity contribution in [3.63, 3.8) is 0 Å². The van der Waals surface area contributed by atoms with E-state index in [-0.39, 0.29) is 11.7 Å². The number of nitrogens with zero attached hydrogens (tertiary/aromatic N) is 4. The standard InChI is InChI=1S/C21H26N4O5S/c1-13-15(9-10-30-13)20-22-23-21(25(20)3)31-12-17(26)24(2)11-14-7-8-16(27-4)19(29-6)18(14)28-5/h7-10H,11-12H2,1-6H3. The lowest BCUT2D eigenvalue weighted by atomic mass is 10.1. The predicted octanol–water partition coefficient (Wildman–Crippen LogP) is 3.16. The molecule has 0 spiro atoms. The van der Waals surface area contributed by atoms with Crippen LogP contribution < -0.4 is 14.2 Å². The van der Waals surface area contributed by atoms with E-state index in [0.717, 1.165) is 16.9 Å². The van der Waals surface area contributed by atoms with Crippen LogP contribution in [0.4, 0.5) is 0 Å². The first-order valence-corrected chi connectivity index (χ1v) is 10.5. The number of thioether (sulfide) groups is 1. The van der Waals surface area contributed by atoms with Crippen LogP contribution in [0.2, 0.25) is 0 Å². The smallest absolute Gasteiger partial charge is 0.233 e. The molecule has 0 radical (unpaired) electrons. The van der Waals surface area contributed by atoms with Crippen LogP contribution in [0.3, 0.4) is 0 Å². The average molecular weight is 447 g/mol. The van der Waals surface area contributed by atoms with Gasteiger partial charge in [0.2, 0.25) is 11.7 Å². The molecule has 0 fully saturated rings. The van der Waals surface area contributed by atoms with Gasteiger partial charge in [-0.2, -0.15) is 0 Å². The molecule has 0 unspecified atom stereocenters. The Hall–Kier alpha value is -3.14. The summed E-state index contributed by atoms with van der Waals surface area (Å²) in [7, 11) is 8.29. The molecule has 0 N–H and O–H groups in total. The van der Waals surface area contributed by atoms with Crippen molar-refractivity contribution in [1.29, 1.82) is 0 Å². The predicted molar refractivity (Wildman–Crippen MR) is 117 cm³/mol. The van der Waals surface area contributed by atoms with Crippen LogP contribution in [-0.4, -0.2) is 59.7 Å². The van der Waals surface area contributed by atoms with Gasteiger partial charge in [-0.1, -0.05) is 11.8 Å². The van der Waals surface area contributed by atoms with Gasteiger partial charge >= 0.3 is 0 Å². The van der Waals surface area contributed by atoms with Crippen LogP contribution in [0.5, 0.6) is 17.2 Å². The summed E-state index contributed by atoms with van der Waals surface area (Å²) < 4.78 is 23.4. The van der Waals surface area contributed by atoms with Gasteiger partial charge in [-0.3, -0.25) is 4.79 Å². The molecular weight excluding hydrogens is 420 g/mol. The summed E-state index contributed by atoms with van der Waals surface area (Å²) in [5, 5.41) is 9.10. The van der Waals surface area contributed by atoms with Crippen molar-refractivity contribution >= 4 is 17.7 Å². The Morgan fingerprint density at radius 1 is 1.13 bits per heavy atom. The Kier molecular flexibility index (Phi) is 7.11. The van der Waals surface area contributed by atoms with Gasteiger partial charge in [0.05, 0.1) is 38.9 Å². The molecule has 9 nitrogen and oxygen atoms in total. The van der Waals surface area contributed by atoms with Gasteiger partial charge in [0, 0.05) is 26.2 Å². The van der Waals surface area contributed by atoms with Gasteiger partial charge in [0.25, 0.3) is 0 Å². The van der Waals surface area contributed by atoms with Gasteiger partial charge in [-0.25, -0.2) is 0 Å².